The van der Waals surface area contributed by atoms with Crippen LogP contribution in [0.1, 0.15) is 33.6 Å². The lowest BCUT2D eigenvalue weighted by molar-refractivity contribution is -0.123. The number of rotatable bonds is 6. The molecule has 0 aromatic rings. The van der Waals surface area contributed by atoms with E-state index < -0.39 is 0 Å². The van der Waals surface area contributed by atoms with Gasteiger partial charge in [0, 0.05) is 19.1 Å². The number of hydrogen-bond acceptors (Lipinski definition) is 3. The second kappa shape index (κ2) is 7.67. The fraction of sp³-hybridized carbons (Fsp3) is 0.923. The molecule has 0 aromatic heterocycles. The van der Waals surface area contributed by atoms with Crippen LogP contribution in [-0.2, 0) is 4.79 Å². The molecule has 0 aromatic carbocycles. The molecule has 1 aliphatic rings. The van der Waals surface area contributed by atoms with Gasteiger partial charge in [-0.25, -0.2) is 0 Å². The summed E-state index contributed by atoms with van der Waals surface area (Å²) in [6.45, 7) is 12.2. The molecular weight excluding hydrogens is 214 g/mol. The predicted octanol–water partition coefficient (Wildman–Crippen LogP) is 0.929. The van der Waals surface area contributed by atoms with Crippen LogP contribution in [0.5, 0.6) is 0 Å². The average Bonchev–Trinajstić information content (AvgIpc) is 2.37. The molecule has 1 N–H and O–H groups in total. The Morgan fingerprint density at radius 2 is 1.82 bits per heavy atom. The molecule has 1 heterocycles. The van der Waals surface area contributed by atoms with Crippen molar-refractivity contribution in [2.75, 3.05) is 39.3 Å². The second-order valence-corrected chi connectivity index (χ2v) is 4.74. The van der Waals surface area contributed by atoms with Crippen LogP contribution < -0.4 is 5.32 Å². The maximum Gasteiger partial charge on any atom is 0.234 e. The third-order valence-electron chi connectivity index (χ3n) is 3.66. The molecule has 4 heteroatoms. The topological polar surface area (TPSA) is 35.6 Å². The van der Waals surface area contributed by atoms with E-state index >= 15 is 0 Å². The van der Waals surface area contributed by atoms with Crippen molar-refractivity contribution in [2.24, 2.45) is 0 Å². The molecule has 1 amide bonds. The van der Waals surface area contributed by atoms with Crippen LogP contribution in [0.3, 0.4) is 0 Å². The minimum atomic E-state index is 0.184. The Labute approximate surface area is 105 Å². The summed E-state index contributed by atoms with van der Waals surface area (Å²) < 4.78 is 0. The van der Waals surface area contributed by atoms with Gasteiger partial charge in [0.05, 0.1) is 6.54 Å². The molecule has 0 atom stereocenters. The molecule has 0 bridgehead atoms. The largest absolute Gasteiger partial charge is 0.352 e. The molecule has 0 spiro atoms. The molecule has 0 saturated carbocycles. The monoisotopic (exact) mass is 241 g/mol. The number of hydrogen-bond donors (Lipinski definition) is 1. The number of nitrogens with zero attached hydrogens (tertiary/aromatic N) is 2. The highest BCUT2D eigenvalue weighted by Crippen LogP contribution is 2.09. The van der Waals surface area contributed by atoms with Crippen LogP contribution in [0.4, 0.5) is 0 Å². The Bertz CT molecular complexity index is 221. The average molecular weight is 241 g/mol. The lowest BCUT2D eigenvalue weighted by Crippen LogP contribution is -2.47. The number of piperidine rings is 1. The molecule has 1 rings (SSSR count). The highest BCUT2D eigenvalue weighted by atomic mass is 16.2. The van der Waals surface area contributed by atoms with Gasteiger partial charge in [-0.05, 0) is 32.5 Å². The quantitative estimate of drug-likeness (QED) is 0.751. The number of carbonyl (C=O) groups is 1. The van der Waals surface area contributed by atoms with Crippen LogP contribution in [0.15, 0.2) is 0 Å². The van der Waals surface area contributed by atoms with Crippen LogP contribution in [-0.4, -0.2) is 61.0 Å². The smallest absolute Gasteiger partial charge is 0.234 e. The molecule has 4 nitrogen and oxygen atoms in total. The maximum absolute atomic E-state index is 11.8. The molecule has 1 saturated heterocycles. The number of carbonyl (C=O) groups excluding carboxylic acids is 1. The van der Waals surface area contributed by atoms with Gasteiger partial charge in [-0.15, -0.1) is 0 Å². The zero-order valence-electron chi connectivity index (χ0n) is 11.5. The minimum Gasteiger partial charge on any atom is -0.352 e. The van der Waals surface area contributed by atoms with Crippen LogP contribution >= 0.6 is 0 Å². The molecular formula is C13H27N3O. The van der Waals surface area contributed by atoms with E-state index in [1.54, 1.807) is 0 Å². The molecule has 1 fully saturated rings. The number of nitrogens with one attached hydrogen (secondary N) is 1. The van der Waals surface area contributed by atoms with E-state index in [2.05, 4.69) is 35.9 Å². The van der Waals surface area contributed by atoms with E-state index in [1.165, 1.54) is 0 Å². The van der Waals surface area contributed by atoms with Gasteiger partial charge in [-0.2, -0.15) is 0 Å². The van der Waals surface area contributed by atoms with Gasteiger partial charge in [0.15, 0.2) is 0 Å². The van der Waals surface area contributed by atoms with Crippen molar-refractivity contribution in [3.63, 3.8) is 0 Å². The number of likely N-dealkylation sites (N-methyl/N-ethyl adjacent to an activating group) is 1. The summed E-state index contributed by atoms with van der Waals surface area (Å²) in [4.78, 5) is 16.4. The third kappa shape index (κ3) is 5.04. The van der Waals surface area contributed by atoms with Gasteiger partial charge in [-0.3, -0.25) is 9.69 Å². The van der Waals surface area contributed by atoms with E-state index in [0.29, 0.717) is 12.6 Å². The minimum absolute atomic E-state index is 0.184. The SMILES string of the molecule is CCN1CCC(NC(=O)CN(CC)CC)CC1. The predicted molar refractivity (Wildman–Crippen MR) is 71.1 cm³/mol. The highest BCUT2D eigenvalue weighted by molar-refractivity contribution is 5.78. The molecule has 0 unspecified atom stereocenters. The lowest BCUT2D eigenvalue weighted by Gasteiger charge is -2.31. The van der Waals surface area contributed by atoms with Crippen molar-refractivity contribution in [1.29, 1.82) is 0 Å². The number of likely N-dealkylation sites (tertiary alicyclic amines) is 1. The van der Waals surface area contributed by atoms with E-state index in [9.17, 15) is 4.79 Å². The van der Waals surface area contributed by atoms with Crippen molar-refractivity contribution < 1.29 is 4.79 Å². The summed E-state index contributed by atoms with van der Waals surface area (Å²) in [6, 6.07) is 0.390. The van der Waals surface area contributed by atoms with Gasteiger partial charge in [0.2, 0.25) is 5.91 Å². The van der Waals surface area contributed by atoms with Crippen LogP contribution in [0.2, 0.25) is 0 Å². The van der Waals surface area contributed by atoms with E-state index in [0.717, 1.165) is 45.6 Å². The van der Waals surface area contributed by atoms with E-state index in [1.807, 2.05) is 0 Å². The second-order valence-electron chi connectivity index (χ2n) is 4.74. The van der Waals surface area contributed by atoms with E-state index in [-0.39, 0.29) is 5.91 Å². The van der Waals surface area contributed by atoms with Crippen molar-refractivity contribution in [3.05, 3.63) is 0 Å². The standard InChI is InChI=1S/C13H27N3O/c1-4-15(5-2)11-13(17)14-12-7-9-16(6-3)10-8-12/h12H,4-11H2,1-3H3,(H,14,17). The zero-order valence-corrected chi connectivity index (χ0v) is 11.5. The van der Waals surface area contributed by atoms with Gasteiger partial charge in [0.1, 0.15) is 0 Å². The van der Waals surface area contributed by atoms with Gasteiger partial charge in [0.25, 0.3) is 0 Å². The lowest BCUT2D eigenvalue weighted by atomic mass is 10.1. The Morgan fingerprint density at radius 1 is 1.24 bits per heavy atom. The van der Waals surface area contributed by atoms with Gasteiger partial charge < -0.3 is 10.2 Å². The van der Waals surface area contributed by atoms with Crippen molar-refractivity contribution in [3.8, 4) is 0 Å². The first-order chi connectivity index (χ1) is 8.19. The van der Waals surface area contributed by atoms with Crippen molar-refractivity contribution >= 4 is 5.91 Å². The summed E-state index contributed by atoms with van der Waals surface area (Å²) in [5.41, 5.74) is 0. The molecule has 1 aliphatic heterocycles. The summed E-state index contributed by atoms with van der Waals surface area (Å²) in [7, 11) is 0. The Balaban J connectivity index is 2.23. The summed E-state index contributed by atoms with van der Waals surface area (Å²) in [6.07, 6.45) is 2.19. The van der Waals surface area contributed by atoms with Gasteiger partial charge >= 0.3 is 0 Å². The molecule has 17 heavy (non-hydrogen) atoms. The Morgan fingerprint density at radius 3 is 2.29 bits per heavy atom. The molecule has 100 valence electrons. The summed E-state index contributed by atoms with van der Waals surface area (Å²) in [5.74, 6) is 0.184. The normalized spacial score (nSPS) is 18.6. The van der Waals surface area contributed by atoms with Crippen molar-refractivity contribution in [2.45, 2.75) is 39.7 Å². The summed E-state index contributed by atoms with van der Waals surface area (Å²) >= 11 is 0. The molecule has 0 radical (unpaired) electrons. The first-order valence-corrected chi connectivity index (χ1v) is 6.93. The Hall–Kier alpha value is -0.610. The summed E-state index contributed by atoms with van der Waals surface area (Å²) in [5, 5.41) is 3.16. The fourth-order valence-corrected chi connectivity index (χ4v) is 2.32. The van der Waals surface area contributed by atoms with Crippen LogP contribution in [0, 0.1) is 0 Å². The highest BCUT2D eigenvalue weighted by Gasteiger charge is 2.19. The zero-order chi connectivity index (χ0) is 12.7. The third-order valence-corrected chi connectivity index (χ3v) is 3.66. The number of amides is 1. The first kappa shape index (κ1) is 14.5. The van der Waals surface area contributed by atoms with Gasteiger partial charge in [-0.1, -0.05) is 20.8 Å². The van der Waals surface area contributed by atoms with Crippen molar-refractivity contribution in [1.82, 2.24) is 15.1 Å². The first-order valence-electron chi connectivity index (χ1n) is 6.93. The van der Waals surface area contributed by atoms with Crippen LogP contribution in [0.25, 0.3) is 0 Å². The maximum atomic E-state index is 11.8. The van der Waals surface area contributed by atoms with E-state index in [4.69, 9.17) is 0 Å². The fourth-order valence-electron chi connectivity index (χ4n) is 2.32. The molecule has 0 aliphatic carbocycles. The Kier molecular flexibility index (Phi) is 6.52.